The van der Waals surface area contributed by atoms with Crippen LogP contribution in [0.5, 0.6) is 0 Å². The van der Waals surface area contributed by atoms with Crippen molar-refractivity contribution in [2.45, 2.75) is 32.7 Å². The number of halogens is 2. The van der Waals surface area contributed by atoms with Crippen LogP contribution in [0.1, 0.15) is 37.0 Å². The van der Waals surface area contributed by atoms with Crippen LogP contribution in [0.2, 0.25) is 10.0 Å². The molecule has 0 unspecified atom stereocenters. The summed E-state index contributed by atoms with van der Waals surface area (Å²) in [4.78, 5) is 24.6. The summed E-state index contributed by atoms with van der Waals surface area (Å²) in [5, 5.41) is 9.26. The number of aliphatic carboxylic acids is 1. The first kappa shape index (κ1) is 16.8. The fourth-order valence-corrected chi connectivity index (χ4v) is 2.40. The molecule has 110 valence electrons. The topological polar surface area (TPSA) is 57.6 Å². The van der Waals surface area contributed by atoms with E-state index in [1.165, 1.54) is 0 Å². The van der Waals surface area contributed by atoms with E-state index in [-0.39, 0.29) is 23.9 Å². The Morgan fingerprint density at radius 3 is 2.25 bits per heavy atom. The van der Waals surface area contributed by atoms with E-state index in [2.05, 4.69) is 0 Å². The molecule has 0 fully saturated rings. The molecule has 1 N–H and O–H groups in total. The lowest BCUT2D eigenvalue weighted by Gasteiger charge is -2.27. The zero-order chi connectivity index (χ0) is 15.3. The first-order valence-electron chi connectivity index (χ1n) is 6.31. The summed E-state index contributed by atoms with van der Waals surface area (Å²) in [6.45, 7) is 4.08. The quantitative estimate of drug-likeness (QED) is 0.870. The van der Waals surface area contributed by atoms with E-state index in [4.69, 9.17) is 28.3 Å². The number of carboxylic acids is 1. The molecule has 0 bridgehead atoms. The number of carboxylic acid groups (broad SMARTS) is 1. The van der Waals surface area contributed by atoms with Crippen LogP contribution in [0.25, 0.3) is 0 Å². The maximum Gasteiger partial charge on any atom is 0.303 e. The third kappa shape index (κ3) is 4.39. The number of amides is 1. The maximum absolute atomic E-state index is 12.5. The third-order valence-corrected chi connectivity index (χ3v) is 3.48. The largest absolute Gasteiger partial charge is 0.481 e. The van der Waals surface area contributed by atoms with Crippen molar-refractivity contribution in [3.05, 3.63) is 33.8 Å². The summed E-state index contributed by atoms with van der Waals surface area (Å²) >= 11 is 12.1. The van der Waals surface area contributed by atoms with Gasteiger partial charge in [-0.15, -0.1) is 0 Å². The number of rotatable bonds is 6. The van der Waals surface area contributed by atoms with Crippen molar-refractivity contribution in [1.82, 2.24) is 4.90 Å². The Morgan fingerprint density at radius 2 is 1.80 bits per heavy atom. The Kier molecular flexibility index (Phi) is 6.30. The zero-order valence-electron chi connectivity index (χ0n) is 11.4. The summed E-state index contributed by atoms with van der Waals surface area (Å²) in [7, 11) is 0. The van der Waals surface area contributed by atoms with Gasteiger partial charge in [-0.2, -0.15) is 0 Å². The molecule has 1 aromatic carbocycles. The van der Waals surface area contributed by atoms with Crippen LogP contribution in [0, 0.1) is 0 Å². The molecule has 0 radical (unpaired) electrons. The van der Waals surface area contributed by atoms with Gasteiger partial charge in [0.05, 0.1) is 15.6 Å². The lowest BCUT2D eigenvalue weighted by Crippen LogP contribution is -2.38. The van der Waals surface area contributed by atoms with Gasteiger partial charge >= 0.3 is 5.97 Å². The Labute approximate surface area is 128 Å². The average molecular weight is 318 g/mol. The second-order valence-corrected chi connectivity index (χ2v) is 5.50. The van der Waals surface area contributed by atoms with Crippen LogP contribution in [-0.2, 0) is 4.79 Å². The summed E-state index contributed by atoms with van der Waals surface area (Å²) in [5.74, 6) is -1.15. The predicted octanol–water partition coefficient (Wildman–Crippen LogP) is 3.71. The van der Waals surface area contributed by atoms with Crippen LogP contribution in [0.15, 0.2) is 18.2 Å². The minimum absolute atomic E-state index is 0.0206. The highest BCUT2D eigenvalue weighted by Gasteiger charge is 2.23. The molecule has 6 heteroatoms. The van der Waals surface area contributed by atoms with Crippen LogP contribution in [0.3, 0.4) is 0 Å². The molecular weight excluding hydrogens is 301 g/mol. The van der Waals surface area contributed by atoms with Gasteiger partial charge in [0.15, 0.2) is 0 Å². The van der Waals surface area contributed by atoms with Crippen molar-refractivity contribution in [3.63, 3.8) is 0 Å². The molecule has 0 aliphatic carbocycles. The summed E-state index contributed by atoms with van der Waals surface area (Å²) in [5.41, 5.74) is 0.264. The SMILES string of the molecule is CC(C)N(CCCC(=O)O)C(=O)c1c(Cl)cccc1Cl. The van der Waals surface area contributed by atoms with Crippen molar-refractivity contribution < 1.29 is 14.7 Å². The number of hydrogen-bond acceptors (Lipinski definition) is 2. The molecule has 0 heterocycles. The smallest absolute Gasteiger partial charge is 0.303 e. The van der Waals surface area contributed by atoms with Crippen molar-refractivity contribution in [1.29, 1.82) is 0 Å². The molecule has 0 aliphatic heterocycles. The Balaban J connectivity index is 2.91. The highest BCUT2D eigenvalue weighted by molar-refractivity contribution is 6.39. The molecular formula is C14H17Cl2NO3. The van der Waals surface area contributed by atoms with Crippen molar-refractivity contribution in [3.8, 4) is 0 Å². The second-order valence-electron chi connectivity index (χ2n) is 4.69. The van der Waals surface area contributed by atoms with Gasteiger partial charge in [-0.05, 0) is 32.4 Å². The van der Waals surface area contributed by atoms with E-state index in [1.807, 2.05) is 13.8 Å². The van der Waals surface area contributed by atoms with Gasteiger partial charge in [0.25, 0.3) is 5.91 Å². The van der Waals surface area contributed by atoms with Gasteiger partial charge in [0, 0.05) is 19.0 Å². The third-order valence-electron chi connectivity index (χ3n) is 2.85. The van der Waals surface area contributed by atoms with Gasteiger partial charge in [0.2, 0.25) is 0 Å². The minimum Gasteiger partial charge on any atom is -0.481 e. The number of benzene rings is 1. The van der Waals surface area contributed by atoms with Gasteiger partial charge in [-0.1, -0.05) is 29.3 Å². The first-order chi connectivity index (χ1) is 9.34. The van der Waals surface area contributed by atoms with Gasteiger partial charge in [-0.25, -0.2) is 0 Å². The van der Waals surface area contributed by atoms with E-state index in [1.54, 1.807) is 23.1 Å². The lowest BCUT2D eigenvalue weighted by molar-refractivity contribution is -0.137. The van der Waals surface area contributed by atoms with E-state index in [9.17, 15) is 9.59 Å². The Hall–Kier alpha value is -1.26. The number of carbonyl (C=O) groups is 2. The molecule has 4 nitrogen and oxygen atoms in total. The lowest BCUT2D eigenvalue weighted by atomic mass is 10.1. The van der Waals surface area contributed by atoms with Gasteiger partial charge in [0.1, 0.15) is 0 Å². The summed E-state index contributed by atoms with van der Waals surface area (Å²) < 4.78 is 0. The van der Waals surface area contributed by atoms with Gasteiger partial charge in [-0.3, -0.25) is 9.59 Å². The monoisotopic (exact) mass is 317 g/mol. The van der Waals surface area contributed by atoms with Crippen molar-refractivity contribution in [2.75, 3.05) is 6.54 Å². The van der Waals surface area contributed by atoms with E-state index in [0.29, 0.717) is 23.0 Å². The molecule has 1 rings (SSSR count). The van der Waals surface area contributed by atoms with Crippen LogP contribution < -0.4 is 0 Å². The Bertz CT molecular complexity index is 483. The molecule has 0 spiro atoms. The van der Waals surface area contributed by atoms with Crippen molar-refractivity contribution >= 4 is 35.1 Å². The first-order valence-corrected chi connectivity index (χ1v) is 7.07. The standard InChI is InChI=1S/C14H17Cl2NO3/c1-9(2)17(8-4-7-12(18)19)14(20)13-10(15)5-3-6-11(13)16/h3,5-6,9H,4,7-8H2,1-2H3,(H,18,19). The van der Waals surface area contributed by atoms with Crippen LogP contribution >= 0.6 is 23.2 Å². The summed E-state index contributed by atoms with van der Waals surface area (Å²) in [6, 6.07) is 4.82. The molecule has 1 aromatic rings. The van der Waals surface area contributed by atoms with E-state index < -0.39 is 5.97 Å². The molecule has 1 amide bonds. The van der Waals surface area contributed by atoms with Gasteiger partial charge < -0.3 is 10.0 Å². The molecule has 0 aliphatic rings. The van der Waals surface area contributed by atoms with E-state index in [0.717, 1.165) is 0 Å². The summed E-state index contributed by atoms with van der Waals surface area (Å²) in [6.07, 6.45) is 0.411. The number of nitrogens with zero attached hydrogens (tertiary/aromatic N) is 1. The molecule has 20 heavy (non-hydrogen) atoms. The highest BCUT2D eigenvalue weighted by Crippen LogP contribution is 2.26. The van der Waals surface area contributed by atoms with Crippen LogP contribution in [-0.4, -0.2) is 34.5 Å². The average Bonchev–Trinajstić information content (AvgIpc) is 2.33. The number of carbonyl (C=O) groups excluding carboxylic acids is 1. The Morgan fingerprint density at radius 1 is 1.25 bits per heavy atom. The fraction of sp³-hybridized carbons (Fsp3) is 0.429. The van der Waals surface area contributed by atoms with Crippen LogP contribution in [0.4, 0.5) is 0 Å². The molecule has 0 saturated heterocycles. The minimum atomic E-state index is -0.878. The zero-order valence-corrected chi connectivity index (χ0v) is 12.9. The van der Waals surface area contributed by atoms with Crippen molar-refractivity contribution in [2.24, 2.45) is 0 Å². The highest BCUT2D eigenvalue weighted by atomic mass is 35.5. The molecule has 0 atom stereocenters. The fourth-order valence-electron chi connectivity index (χ4n) is 1.84. The van der Waals surface area contributed by atoms with E-state index >= 15 is 0 Å². The molecule has 0 saturated carbocycles. The maximum atomic E-state index is 12.5. The molecule has 0 aromatic heterocycles. The normalized spacial score (nSPS) is 10.7. The predicted molar refractivity (Wildman–Crippen MR) is 79.5 cm³/mol. The number of hydrogen-bond donors (Lipinski definition) is 1. The second kappa shape index (κ2) is 7.50.